The summed E-state index contributed by atoms with van der Waals surface area (Å²) < 4.78 is 0. The van der Waals surface area contributed by atoms with Crippen molar-refractivity contribution in [3.63, 3.8) is 0 Å². The van der Waals surface area contributed by atoms with Crippen molar-refractivity contribution in [3.8, 4) is 0 Å². The molecular weight excluding hydrogens is 357 g/mol. The Morgan fingerprint density at radius 3 is 2.35 bits per heavy atom. The predicted molar refractivity (Wildman–Crippen MR) is 103 cm³/mol. The van der Waals surface area contributed by atoms with Gasteiger partial charge in [-0.05, 0) is 24.7 Å². The van der Waals surface area contributed by atoms with Crippen LogP contribution in [0, 0.1) is 11.8 Å². The largest absolute Gasteiger partial charge is 0.387 e. The Hall–Kier alpha value is -0.790. The van der Waals surface area contributed by atoms with Gasteiger partial charge in [-0.15, -0.1) is 0 Å². The summed E-state index contributed by atoms with van der Waals surface area (Å²) in [5, 5.41) is 14.9. The van der Waals surface area contributed by atoms with Gasteiger partial charge < -0.3 is 21.5 Å². The zero-order valence-electron chi connectivity index (χ0n) is 15.9. The summed E-state index contributed by atoms with van der Waals surface area (Å²) in [6.07, 6.45) is 4.66. The van der Waals surface area contributed by atoms with Gasteiger partial charge in [-0.1, -0.05) is 33.1 Å². The number of hydrogen-bond acceptors (Lipinski definition) is 6. The molecule has 9 heteroatoms. The lowest BCUT2D eigenvalue weighted by atomic mass is 9.91. The third-order valence-corrected chi connectivity index (χ3v) is 6.86. The van der Waals surface area contributed by atoms with Crippen LogP contribution in [0.4, 0.5) is 0 Å². The SMILES string of the molecule is CC(C)C(N)C(=O)NCC(=O)NC[C@@H](O)C[P+](O)(O)CC1CCCCC1. The van der Waals surface area contributed by atoms with E-state index in [0.717, 1.165) is 25.7 Å². The molecule has 8 nitrogen and oxygen atoms in total. The third kappa shape index (κ3) is 9.24. The molecule has 1 unspecified atom stereocenters. The quantitative estimate of drug-likeness (QED) is 0.288. The summed E-state index contributed by atoms with van der Waals surface area (Å²) in [7, 11) is -3.17. The standard InChI is InChI=1S/C17H34N3O5P/c1-12(2)16(18)17(23)20-9-15(22)19-8-14(21)11-26(24,25)10-13-6-4-3-5-7-13/h12-14,16,21,24-25H,3-11,18H2,1-2H3,(H-,19,20,22,23)/p+1/t14-,16?/m1/s1. The summed E-state index contributed by atoms with van der Waals surface area (Å²) in [6.45, 7) is 3.31. The van der Waals surface area contributed by atoms with Crippen LogP contribution < -0.4 is 16.4 Å². The van der Waals surface area contributed by atoms with E-state index in [-0.39, 0.29) is 25.2 Å². The maximum atomic E-state index is 11.7. The molecule has 0 radical (unpaired) electrons. The monoisotopic (exact) mass is 392 g/mol. The summed E-state index contributed by atoms with van der Waals surface area (Å²) in [5.41, 5.74) is 5.68. The molecule has 0 spiro atoms. The molecule has 0 aromatic carbocycles. The molecule has 26 heavy (non-hydrogen) atoms. The molecule has 1 saturated carbocycles. The van der Waals surface area contributed by atoms with Gasteiger partial charge in [0.15, 0.2) is 0 Å². The number of nitrogens with two attached hydrogens (primary N) is 1. The van der Waals surface area contributed by atoms with Crippen molar-refractivity contribution >= 4 is 19.5 Å². The highest BCUT2D eigenvalue weighted by Gasteiger charge is 2.39. The van der Waals surface area contributed by atoms with Crippen molar-refractivity contribution in [2.24, 2.45) is 17.6 Å². The molecular formula is C17H35N3O5P+. The van der Waals surface area contributed by atoms with Crippen LogP contribution in [0.3, 0.4) is 0 Å². The van der Waals surface area contributed by atoms with Crippen molar-refractivity contribution < 1.29 is 24.5 Å². The third-order valence-electron chi connectivity index (χ3n) is 4.76. The summed E-state index contributed by atoms with van der Waals surface area (Å²) in [4.78, 5) is 43.8. The summed E-state index contributed by atoms with van der Waals surface area (Å²) >= 11 is 0. The van der Waals surface area contributed by atoms with Crippen LogP contribution in [-0.4, -0.2) is 64.3 Å². The van der Waals surface area contributed by atoms with Crippen molar-refractivity contribution in [1.29, 1.82) is 0 Å². The van der Waals surface area contributed by atoms with Crippen molar-refractivity contribution in [1.82, 2.24) is 10.6 Å². The Bertz CT molecular complexity index is 456. The summed E-state index contributed by atoms with van der Waals surface area (Å²) in [5.74, 6) is -0.580. The number of hydrogen-bond donors (Lipinski definition) is 6. The van der Waals surface area contributed by atoms with Crippen molar-refractivity contribution in [2.75, 3.05) is 25.4 Å². The molecule has 7 N–H and O–H groups in total. The number of aliphatic hydroxyl groups is 1. The van der Waals surface area contributed by atoms with Gasteiger partial charge in [-0.3, -0.25) is 9.59 Å². The second-order valence-electron chi connectivity index (χ2n) is 7.69. The normalized spacial score (nSPS) is 18.4. The molecule has 1 fully saturated rings. The van der Waals surface area contributed by atoms with E-state index < -0.39 is 31.7 Å². The zero-order valence-corrected chi connectivity index (χ0v) is 16.8. The average Bonchev–Trinajstić information content (AvgIpc) is 2.57. The molecule has 1 rings (SSSR count). The number of nitrogens with one attached hydrogen (secondary N) is 2. The molecule has 152 valence electrons. The van der Waals surface area contributed by atoms with E-state index in [2.05, 4.69) is 10.6 Å². The van der Waals surface area contributed by atoms with Crippen LogP contribution in [0.2, 0.25) is 0 Å². The van der Waals surface area contributed by atoms with Gasteiger partial charge in [-0.2, -0.15) is 0 Å². The van der Waals surface area contributed by atoms with E-state index in [0.29, 0.717) is 12.1 Å². The van der Waals surface area contributed by atoms with Gasteiger partial charge in [0.2, 0.25) is 11.8 Å². The predicted octanol–water partition coefficient (Wildman–Crippen LogP) is -0.0245. The first-order valence-electron chi connectivity index (χ1n) is 9.41. The van der Waals surface area contributed by atoms with Crippen LogP contribution in [0.15, 0.2) is 0 Å². The molecule has 0 aromatic rings. The molecule has 1 aliphatic carbocycles. The van der Waals surface area contributed by atoms with Crippen LogP contribution in [0.1, 0.15) is 46.0 Å². The maximum Gasteiger partial charge on any atom is 0.270 e. The van der Waals surface area contributed by atoms with E-state index in [4.69, 9.17) is 5.73 Å². The summed E-state index contributed by atoms with van der Waals surface area (Å²) in [6, 6.07) is -0.678. The molecule has 1 aliphatic rings. The van der Waals surface area contributed by atoms with Gasteiger partial charge in [0.25, 0.3) is 7.72 Å². The molecule has 0 bridgehead atoms. The fourth-order valence-corrected chi connectivity index (χ4v) is 5.29. The van der Waals surface area contributed by atoms with Gasteiger partial charge >= 0.3 is 0 Å². The Morgan fingerprint density at radius 2 is 1.77 bits per heavy atom. The first-order chi connectivity index (χ1) is 12.1. The second-order valence-corrected chi connectivity index (χ2v) is 10.2. The lowest BCUT2D eigenvalue weighted by molar-refractivity contribution is -0.127. The Kier molecular flexibility index (Phi) is 9.97. The molecule has 0 saturated heterocycles. The van der Waals surface area contributed by atoms with Gasteiger partial charge in [-0.25, -0.2) is 9.79 Å². The zero-order chi connectivity index (χ0) is 19.7. The number of amides is 2. The highest BCUT2D eigenvalue weighted by molar-refractivity contribution is 7.64. The Morgan fingerprint density at radius 1 is 1.15 bits per heavy atom. The van der Waals surface area contributed by atoms with Gasteiger partial charge in [0, 0.05) is 6.54 Å². The minimum absolute atomic E-state index is 0.0322. The number of rotatable bonds is 10. The minimum atomic E-state index is -3.17. The first kappa shape index (κ1) is 23.2. The molecule has 0 heterocycles. The lowest BCUT2D eigenvalue weighted by Gasteiger charge is -2.24. The molecule has 0 aliphatic heterocycles. The first-order valence-corrected chi connectivity index (χ1v) is 11.5. The Balaban J connectivity index is 2.26. The van der Waals surface area contributed by atoms with E-state index in [1.807, 2.05) is 13.8 Å². The molecule has 2 atom stereocenters. The maximum absolute atomic E-state index is 11.7. The van der Waals surface area contributed by atoms with E-state index in [9.17, 15) is 24.5 Å². The van der Waals surface area contributed by atoms with Gasteiger partial charge in [0.05, 0.1) is 12.6 Å². The van der Waals surface area contributed by atoms with Crippen LogP contribution in [0.25, 0.3) is 0 Å². The minimum Gasteiger partial charge on any atom is -0.387 e. The lowest BCUT2D eigenvalue weighted by Crippen LogP contribution is -2.48. The Labute approximate surface area is 156 Å². The highest BCUT2D eigenvalue weighted by atomic mass is 31.2. The number of carbonyl (C=O) groups excluding carboxylic acids is 2. The number of carbonyl (C=O) groups is 2. The highest BCUT2D eigenvalue weighted by Crippen LogP contribution is 2.53. The van der Waals surface area contributed by atoms with Crippen LogP contribution >= 0.6 is 7.72 Å². The van der Waals surface area contributed by atoms with E-state index in [1.165, 1.54) is 6.42 Å². The fraction of sp³-hybridized carbons (Fsp3) is 0.882. The van der Waals surface area contributed by atoms with Crippen molar-refractivity contribution in [2.45, 2.75) is 58.1 Å². The second kappa shape index (κ2) is 11.1. The van der Waals surface area contributed by atoms with Crippen molar-refractivity contribution in [3.05, 3.63) is 0 Å². The average molecular weight is 392 g/mol. The molecule has 2 amide bonds. The van der Waals surface area contributed by atoms with Gasteiger partial charge in [0.1, 0.15) is 18.4 Å². The van der Waals surface area contributed by atoms with Crippen LogP contribution in [0.5, 0.6) is 0 Å². The van der Waals surface area contributed by atoms with E-state index in [1.54, 1.807) is 0 Å². The smallest absolute Gasteiger partial charge is 0.270 e. The fourth-order valence-electron chi connectivity index (χ4n) is 3.14. The number of aliphatic hydroxyl groups excluding tert-OH is 1. The topological polar surface area (TPSA) is 145 Å². The molecule has 0 aromatic heterocycles. The van der Waals surface area contributed by atoms with E-state index >= 15 is 0 Å². The van der Waals surface area contributed by atoms with Crippen LogP contribution in [-0.2, 0) is 9.59 Å².